The van der Waals surface area contributed by atoms with Gasteiger partial charge in [-0.2, -0.15) is 0 Å². The number of hydrogen-bond donors (Lipinski definition) is 1. The van der Waals surface area contributed by atoms with Crippen molar-refractivity contribution in [1.82, 2.24) is 9.88 Å². The van der Waals surface area contributed by atoms with Crippen molar-refractivity contribution in [3.8, 4) is 5.75 Å². The summed E-state index contributed by atoms with van der Waals surface area (Å²) in [5, 5.41) is 11.7. The molecule has 1 saturated heterocycles. The number of carbonyl (C=O) groups excluding carboxylic acids is 1. The van der Waals surface area contributed by atoms with Gasteiger partial charge in [0.1, 0.15) is 5.75 Å². The quantitative estimate of drug-likeness (QED) is 0.424. The molecule has 2 heterocycles. The number of rotatable bonds is 10. The molecule has 1 aromatic heterocycles. The van der Waals surface area contributed by atoms with Gasteiger partial charge in [0, 0.05) is 24.7 Å². The fraction of sp³-hybridized carbons (Fsp3) is 0.448. The third-order valence-corrected chi connectivity index (χ3v) is 7.31. The number of methoxy groups -OCH3 is 2. The van der Waals surface area contributed by atoms with E-state index in [9.17, 15) is 9.90 Å². The van der Waals surface area contributed by atoms with E-state index in [0.717, 1.165) is 61.0 Å². The monoisotopic (exact) mass is 476 g/mol. The lowest BCUT2D eigenvalue weighted by Gasteiger charge is -2.37. The van der Waals surface area contributed by atoms with Crippen LogP contribution in [0.4, 0.5) is 0 Å². The second-order valence-electron chi connectivity index (χ2n) is 9.44. The number of piperidine rings is 1. The third-order valence-electron chi connectivity index (χ3n) is 7.31. The number of aliphatic hydroxyl groups is 1. The van der Waals surface area contributed by atoms with Crippen LogP contribution >= 0.6 is 0 Å². The molecule has 0 aliphatic carbocycles. The van der Waals surface area contributed by atoms with Crippen LogP contribution in [-0.4, -0.2) is 54.8 Å². The number of ether oxygens (including phenoxy) is 2. The van der Waals surface area contributed by atoms with Crippen molar-refractivity contribution in [1.29, 1.82) is 0 Å². The molecule has 2 aromatic carbocycles. The van der Waals surface area contributed by atoms with E-state index in [2.05, 4.69) is 22.0 Å². The number of nitrogens with zero attached hydrogens (tertiary/aromatic N) is 2. The molecule has 1 N–H and O–H groups in total. The average molecular weight is 477 g/mol. The van der Waals surface area contributed by atoms with Crippen molar-refractivity contribution >= 4 is 16.9 Å². The fourth-order valence-corrected chi connectivity index (χ4v) is 5.26. The summed E-state index contributed by atoms with van der Waals surface area (Å²) in [5.74, 6) is 0.891. The van der Waals surface area contributed by atoms with E-state index in [4.69, 9.17) is 9.47 Å². The van der Waals surface area contributed by atoms with Gasteiger partial charge in [0.2, 0.25) is 0 Å². The molecule has 0 amide bonds. The van der Waals surface area contributed by atoms with Gasteiger partial charge < -0.3 is 19.5 Å². The zero-order valence-electron chi connectivity index (χ0n) is 20.7. The van der Waals surface area contributed by atoms with Crippen molar-refractivity contribution in [2.75, 3.05) is 33.9 Å². The molecule has 1 aliphatic heterocycles. The van der Waals surface area contributed by atoms with Crippen LogP contribution in [0, 0.1) is 11.8 Å². The Morgan fingerprint density at radius 2 is 2.00 bits per heavy atom. The van der Waals surface area contributed by atoms with Crippen molar-refractivity contribution in [2.45, 2.75) is 38.2 Å². The number of likely N-dealkylation sites (tertiary alicyclic amines) is 1. The molecule has 0 spiro atoms. The van der Waals surface area contributed by atoms with Crippen LogP contribution in [0.2, 0.25) is 0 Å². The van der Waals surface area contributed by atoms with E-state index in [1.54, 1.807) is 7.11 Å². The summed E-state index contributed by atoms with van der Waals surface area (Å²) in [6.07, 6.45) is 5.91. The molecular formula is C29H36N2O4. The van der Waals surface area contributed by atoms with Gasteiger partial charge in [-0.25, -0.2) is 0 Å². The Morgan fingerprint density at radius 3 is 2.77 bits per heavy atom. The number of benzene rings is 2. The predicted octanol–water partition coefficient (Wildman–Crippen LogP) is 4.80. The minimum Gasteiger partial charge on any atom is -0.497 e. The molecule has 186 valence electrons. The van der Waals surface area contributed by atoms with E-state index in [1.165, 1.54) is 12.7 Å². The lowest BCUT2D eigenvalue weighted by Crippen LogP contribution is -2.44. The minimum atomic E-state index is -0.487. The molecule has 0 radical (unpaired) electrons. The maximum absolute atomic E-state index is 12.6. The summed E-state index contributed by atoms with van der Waals surface area (Å²) >= 11 is 0. The number of esters is 1. The minimum absolute atomic E-state index is 0.123. The van der Waals surface area contributed by atoms with Gasteiger partial charge in [0.15, 0.2) is 0 Å². The zero-order valence-corrected chi connectivity index (χ0v) is 20.7. The number of aryl methyl sites for hydroxylation is 1. The molecule has 6 heteroatoms. The van der Waals surface area contributed by atoms with Gasteiger partial charge in [-0.15, -0.1) is 0 Å². The SMILES string of the molecule is COC(=O)[C@H]1CN(CCC(O)c2ccccc2)CC[C@H]1CCCc1ccnc2ccc(OC)cc12. The predicted molar refractivity (Wildman–Crippen MR) is 137 cm³/mol. The van der Waals surface area contributed by atoms with Gasteiger partial charge in [0.05, 0.1) is 31.8 Å². The second-order valence-corrected chi connectivity index (χ2v) is 9.44. The molecular weight excluding hydrogens is 440 g/mol. The number of pyridine rings is 1. The van der Waals surface area contributed by atoms with Gasteiger partial charge >= 0.3 is 5.97 Å². The molecule has 1 fully saturated rings. The topological polar surface area (TPSA) is 71.9 Å². The summed E-state index contributed by atoms with van der Waals surface area (Å²) in [4.78, 5) is 19.4. The summed E-state index contributed by atoms with van der Waals surface area (Å²) in [6, 6.07) is 17.8. The molecule has 3 aromatic rings. The van der Waals surface area contributed by atoms with Crippen molar-refractivity contribution in [2.24, 2.45) is 11.8 Å². The normalized spacial score (nSPS) is 19.4. The first kappa shape index (κ1) is 25.1. The molecule has 1 unspecified atom stereocenters. The highest BCUT2D eigenvalue weighted by molar-refractivity contribution is 5.83. The molecule has 0 bridgehead atoms. The largest absolute Gasteiger partial charge is 0.497 e. The van der Waals surface area contributed by atoms with Gasteiger partial charge in [-0.05, 0) is 80.0 Å². The first-order valence-electron chi connectivity index (χ1n) is 12.5. The Morgan fingerprint density at radius 1 is 1.17 bits per heavy atom. The van der Waals surface area contributed by atoms with Crippen molar-refractivity contribution in [3.63, 3.8) is 0 Å². The van der Waals surface area contributed by atoms with E-state index in [-0.39, 0.29) is 11.9 Å². The zero-order chi connectivity index (χ0) is 24.6. The van der Waals surface area contributed by atoms with Crippen molar-refractivity contribution < 1.29 is 19.4 Å². The number of hydrogen-bond acceptors (Lipinski definition) is 6. The van der Waals surface area contributed by atoms with E-state index in [0.29, 0.717) is 18.9 Å². The highest BCUT2D eigenvalue weighted by atomic mass is 16.5. The smallest absolute Gasteiger partial charge is 0.310 e. The third kappa shape index (κ3) is 6.38. The van der Waals surface area contributed by atoms with Crippen molar-refractivity contribution in [3.05, 3.63) is 71.9 Å². The Hall–Kier alpha value is -2.96. The van der Waals surface area contributed by atoms with E-state index in [1.807, 2.05) is 48.7 Å². The highest BCUT2D eigenvalue weighted by Gasteiger charge is 2.34. The molecule has 6 nitrogen and oxygen atoms in total. The molecule has 3 atom stereocenters. The lowest BCUT2D eigenvalue weighted by atomic mass is 9.81. The van der Waals surface area contributed by atoms with E-state index < -0.39 is 6.10 Å². The van der Waals surface area contributed by atoms with Crippen LogP contribution in [0.5, 0.6) is 5.75 Å². The van der Waals surface area contributed by atoms with Crippen LogP contribution in [-0.2, 0) is 16.0 Å². The van der Waals surface area contributed by atoms with Crippen LogP contribution < -0.4 is 4.74 Å². The second kappa shape index (κ2) is 12.1. The number of aliphatic hydroxyl groups excluding tert-OH is 1. The average Bonchev–Trinajstić information content (AvgIpc) is 2.92. The standard InChI is InChI=1S/C29H36N2O4/c1-34-24-11-12-27-25(19-24)21(13-16-30-27)9-6-10-22-14-17-31(20-26(22)29(33)35-2)18-15-28(32)23-7-4-3-5-8-23/h3-5,7-8,11-13,16,19,22,26,28,32H,6,9-10,14-15,17-18,20H2,1-2H3/t22-,26+,28?/m1/s1. The Bertz CT molecular complexity index is 1100. The fourth-order valence-electron chi connectivity index (χ4n) is 5.26. The summed E-state index contributed by atoms with van der Waals surface area (Å²) < 4.78 is 10.6. The maximum Gasteiger partial charge on any atom is 0.310 e. The van der Waals surface area contributed by atoms with Gasteiger partial charge in [0.25, 0.3) is 0 Å². The van der Waals surface area contributed by atoms with Gasteiger partial charge in [-0.1, -0.05) is 30.3 Å². The van der Waals surface area contributed by atoms with Crippen LogP contribution in [0.15, 0.2) is 60.8 Å². The first-order valence-corrected chi connectivity index (χ1v) is 12.5. The number of carbonyl (C=O) groups is 1. The molecule has 35 heavy (non-hydrogen) atoms. The van der Waals surface area contributed by atoms with Gasteiger partial charge in [-0.3, -0.25) is 9.78 Å². The van der Waals surface area contributed by atoms with Crippen LogP contribution in [0.3, 0.4) is 0 Å². The van der Waals surface area contributed by atoms with E-state index >= 15 is 0 Å². The summed E-state index contributed by atoms with van der Waals surface area (Å²) in [7, 11) is 3.16. The number of aromatic nitrogens is 1. The first-order chi connectivity index (χ1) is 17.1. The lowest BCUT2D eigenvalue weighted by molar-refractivity contribution is -0.150. The summed E-state index contributed by atoms with van der Waals surface area (Å²) in [5.41, 5.74) is 3.17. The van der Waals surface area contributed by atoms with Crippen LogP contribution in [0.25, 0.3) is 10.9 Å². The number of fused-ring (bicyclic) bond motifs is 1. The maximum atomic E-state index is 12.6. The molecule has 0 saturated carbocycles. The Kier molecular flexibility index (Phi) is 8.72. The molecule has 1 aliphatic rings. The molecule has 4 rings (SSSR count). The summed E-state index contributed by atoms with van der Waals surface area (Å²) in [6.45, 7) is 2.39. The van der Waals surface area contributed by atoms with Crippen LogP contribution in [0.1, 0.15) is 42.9 Å². The Balaban J connectivity index is 1.33. The Labute approximate surface area is 207 Å². The highest BCUT2D eigenvalue weighted by Crippen LogP contribution is 2.31.